The number of aromatic nitrogens is 1. The Morgan fingerprint density at radius 1 is 1.08 bits per heavy atom. The van der Waals surface area contributed by atoms with Gasteiger partial charge in [-0.25, -0.2) is 9.37 Å². The maximum absolute atomic E-state index is 13.0. The fourth-order valence-corrected chi connectivity index (χ4v) is 3.28. The molecule has 0 aliphatic rings. The minimum atomic E-state index is -0.289. The summed E-state index contributed by atoms with van der Waals surface area (Å²) in [6.07, 6.45) is 0. The van der Waals surface area contributed by atoms with Crippen molar-refractivity contribution in [3.05, 3.63) is 76.0 Å². The van der Waals surface area contributed by atoms with Crippen LogP contribution in [0.4, 0.5) is 4.39 Å². The molecule has 1 aromatic heterocycles. The summed E-state index contributed by atoms with van der Waals surface area (Å²) in [6.45, 7) is 4.31. The molecule has 0 aliphatic carbocycles. The third-order valence-electron chi connectivity index (χ3n) is 3.67. The van der Waals surface area contributed by atoms with Gasteiger partial charge in [-0.1, -0.05) is 29.8 Å². The van der Waals surface area contributed by atoms with Gasteiger partial charge in [0.2, 0.25) is 0 Å². The number of hydrogen-bond donors (Lipinski definition) is 1. The second-order valence-corrected chi connectivity index (χ2v) is 6.61. The van der Waals surface area contributed by atoms with Gasteiger partial charge in [0, 0.05) is 12.1 Å². The van der Waals surface area contributed by atoms with Gasteiger partial charge < -0.3 is 5.32 Å². The molecule has 1 N–H and O–H groups in total. The Morgan fingerprint density at radius 2 is 1.75 bits per heavy atom. The van der Waals surface area contributed by atoms with Gasteiger partial charge in [-0.3, -0.25) is 4.79 Å². The Kier molecular flexibility index (Phi) is 4.71. The van der Waals surface area contributed by atoms with E-state index < -0.39 is 0 Å². The number of aryl methyl sites for hydroxylation is 2. The summed E-state index contributed by atoms with van der Waals surface area (Å²) in [5.74, 6) is -0.429. The molecule has 0 aliphatic heterocycles. The SMILES string of the molecule is Cc1ccc(CNC(=O)c2sc(-c3ccc(F)cc3)nc2C)cc1. The number of nitrogens with zero attached hydrogens (tertiary/aromatic N) is 1. The van der Waals surface area contributed by atoms with E-state index in [1.54, 1.807) is 12.1 Å². The molecule has 0 bridgehead atoms. The number of hydrogen-bond acceptors (Lipinski definition) is 3. The van der Waals surface area contributed by atoms with Crippen molar-refractivity contribution in [3.8, 4) is 10.6 Å². The summed E-state index contributed by atoms with van der Waals surface area (Å²) in [6, 6.07) is 14.2. The number of halogens is 1. The molecule has 3 nitrogen and oxygen atoms in total. The third kappa shape index (κ3) is 3.68. The number of carbonyl (C=O) groups is 1. The Balaban J connectivity index is 1.73. The van der Waals surface area contributed by atoms with Crippen LogP contribution in [0.15, 0.2) is 48.5 Å². The van der Waals surface area contributed by atoms with Crippen LogP contribution in [0, 0.1) is 19.7 Å². The maximum atomic E-state index is 13.0. The first kappa shape index (κ1) is 16.3. The Labute approximate surface area is 144 Å². The lowest BCUT2D eigenvalue weighted by molar-refractivity contribution is 0.0954. The number of benzene rings is 2. The van der Waals surface area contributed by atoms with Crippen molar-refractivity contribution in [2.75, 3.05) is 0 Å². The van der Waals surface area contributed by atoms with E-state index in [0.717, 1.165) is 11.1 Å². The van der Waals surface area contributed by atoms with Crippen LogP contribution in [0.5, 0.6) is 0 Å². The summed E-state index contributed by atoms with van der Waals surface area (Å²) in [5, 5.41) is 3.64. The molecule has 24 heavy (non-hydrogen) atoms. The fourth-order valence-electron chi connectivity index (χ4n) is 2.29. The Morgan fingerprint density at radius 3 is 2.42 bits per heavy atom. The van der Waals surface area contributed by atoms with Crippen LogP contribution >= 0.6 is 11.3 Å². The summed E-state index contributed by atoms with van der Waals surface area (Å²) < 4.78 is 13.0. The van der Waals surface area contributed by atoms with E-state index in [0.29, 0.717) is 22.1 Å². The van der Waals surface area contributed by atoms with Gasteiger partial charge in [0.05, 0.1) is 5.69 Å². The first-order valence-electron chi connectivity index (χ1n) is 7.60. The van der Waals surface area contributed by atoms with Gasteiger partial charge in [0.15, 0.2) is 0 Å². The van der Waals surface area contributed by atoms with E-state index in [1.807, 2.05) is 38.1 Å². The monoisotopic (exact) mass is 340 g/mol. The van der Waals surface area contributed by atoms with Crippen LogP contribution in [-0.2, 0) is 6.54 Å². The van der Waals surface area contributed by atoms with Crippen molar-refractivity contribution in [1.82, 2.24) is 10.3 Å². The number of amides is 1. The van der Waals surface area contributed by atoms with E-state index in [4.69, 9.17) is 0 Å². The Bertz CT molecular complexity index is 854. The molecule has 0 spiro atoms. The average Bonchev–Trinajstić information content (AvgIpc) is 2.96. The topological polar surface area (TPSA) is 42.0 Å². The van der Waals surface area contributed by atoms with Crippen LogP contribution in [0.3, 0.4) is 0 Å². The van der Waals surface area contributed by atoms with Crippen molar-refractivity contribution < 1.29 is 9.18 Å². The first-order valence-corrected chi connectivity index (χ1v) is 8.41. The highest BCUT2D eigenvalue weighted by Gasteiger charge is 2.16. The summed E-state index contributed by atoms with van der Waals surface area (Å²) in [4.78, 5) is 17.4. The molecule has 0 unspecified atom stereocenters. The average molecular weight is 340 g/mol. The molecule has 2 aromatic carbocycles. The minimum Gasteiger partial charge on any atom is -0.347 e. The summed E-state index contributed by atoms with van der Waals surface area (Å²) in [5.41, 5.74) is 3.73. The van der Waals surface area contributed by atoms with Crippen LogP contribution in [0.25, 0.3) is 10.6 Å². The lowest BCUT2D eigenvalue weighted by atomic mass is 10.1. The van der Waals surface area contributed by atoms with E-state index in [9.17, 15) is 9.18 Å². The Hall–Kier alpha value is -2.53. The predicted octanol–water partition coefficient (Wildman–Crippen LogP) is 4.50. The molecule has 0 saturated heterocycles. The van der Waals surface area contributed by atoms with Crippen LogP contribution < -0.4 is 5.32 Å². The lowest BCUT2D eigenvalue weighted by Gasteiger charge is -2.04. The third-order valence-corrected chi connectivity index (χ3v) is 4.87. The summed E-state index contributed by atoms with van der Waals surface area (Å²) >= 11 is 1.32. The molecular formula is C19H17FN2OS. The largest absolute Gasteiger partial charge is 0.347 e. The van der Waals surface area contributed by atoms with Gasteiger partial charge in [-0.2, -0.15) is 0 Å². The van der Waals surface area contributed by atoms with Crippen LogP contribution in [0.2, 0.25) is 0 Å². The molecule has 1 heterocycles. The van der Waals surface area contributed by atoms with Gasteiger partial charge in [-0.05, 0) is 43.7 Å². The lowest BCUT2D eigenvalue weighted by Crippen LogP contribution is -2.22. The zero-order valence-electron chi connectivity index (χ0n) is 13.5. The highest BCUT2D eigenvalue weighted by atomic mass is 32.1. The molecule has 0 saturated carbocycles. The van der Waals surface area contributed by atoms with Gasteiger partial charge in [0.25, 0.3) is 5.91 Å². The number of thiazole rings is 1. The summed E-state index contributed by atoms with van der Waals surface area (Å²) in [7, 11) is 0. The molecule has 122 valence electrons. The molecular weight excluding hydrogens is 323 g/mol. The standard InChI is InChI=1S/C19H17FN2OS/c1-12-3-5-14(6-4-12)11-21-18(23)17-13(2)22-19(24-17)15-7-9-16(20)10-8-15/h3-10H,11H2,1-2H3,(H,21,23). The molecule has 3 aromatic rings. The maximum Gasteiger partial charge on any atom is 0.263 e. The second-order valence-electron chi connectivity index (χ2n) is 5.61. The van der Waals surface area contributed by atoms with Crippen molar-refractivity contribution in [1.29, 1.82) is 0 Å². The van der Waals surface area contributed by atoms with Crippen molar-refractivity contribution in [2.24, 2.45) is 0 Å². The van der Waals surface area contributed by atoms with Gasteiger partial charge >= 0.3 is 0 Å². The smallest absolute Gasteiger partial charge is 0.263 e. The minimum absolute atomic E-state index is 0.140. The highest BCUT2D eigenvalue weighted by molar-refractivity contribution is 7.17. The van der Waals surface area contributed by atoms with Crippen LogP contribution in [0.1, 0.15) is 26.5 Å². The molecule has 1 amide bonds. The van der Waals surface area contributed by atoms with Crippen molar-refractivity contribution >= 4 is 17.2 Å². The molecule has 5 heteroatoms. The number of carbonyl (C=O) groups excluding carboxylic acids is 1. The zero-order chi connectivity index (χ0) is 17.1. The zero-order valence-corrected chi connectivity index (χ0v) is 14.3. The van der Waals surface area contributed by atoms with E-state index in [2.05, 4.69) is 10.3 Å². The highest BCUT2D eigenvalue weighted by Crippen LogP contribution is 2.28. The second kappa shape index (κ2) is 6.93. The molecule has 0 atom stereocenters. The van der Waals surface area contributed by atoms with Crippen molar-refractivity contribution in [2.45, 2.75) is 20.4 Å². The molecule has 0 radical (unpaired) electrons. The van der Waals surface area contributed by atoms with Crippen LogP contribution in [-0.4, -0.2) is 10.9 Å². The normalized spacial score (nSPS) is 10.6. The number of rotatable bonds is 4. The van der Waals surface area contributed by atoms with E-state index in [1.165, 1.54) is 29.0 Å². The first-order chi connectivity index (χ1) is 11.5. The molecule has 3 rings (SSSR count). The van der Waals surface area contributed by atoms with Gasteiger partial charge in [0.1, 0.15) is 15.7 Å². The predicted molar refractivity (Wildman–Crippen MR) is 94.6 cm³/mol. The van der Waals surface area contributed by atoms with E-state index in [-0.39, 0.29) is 11.7 Å². The van der Waals surface area contributed by atoms with Crippen molar-refractivity contribution in [3.63, 3.8) is 0 Å². The number of nitrogens with one attached hydrogen (secondary N) is 1. The molecule has 0 fully saturated rings. The fraction of sp³-hybridized carbons (Fsp3) is 0.158. The quantitative estimate of drug-likeness (QED) is 0.760. The van der Waals surface area contributed by atoms with Gasteiger partial charge in [-0.15, -0.1) is 11.3 Å². The van der Waals surface area contributed by atoms with E-state index >= 15 is 0 Å².